The number of amides is 2. The average molecular weight is 543 g/mol. The highest BCUT2D eigenvalue weighted by Gasteiger charge is 2.43. The molecule has 1 saturated carbocycles. The Morgan fingerprint density at radius 3 is 2.33 bits per heavy atom. The predicted molar refractivity (Wildman–Crippen MR) is 157 cm³/mol. The quantitative estimate of drug-likeness (QED) is 0.219. The predicted octanol–water partition coefficient (Wildman–Crippen LogP) is 5.93. The highest BCUT2D eigenvalue weighted by atomic mass is 32.2. The summed E-state index contributed by atoms with van der Waals surface area (Å²) in [6, 6.07) is 15.2. The first kappa shape index (κ1) is 26.9. The van der Waals surface area contributed by atoms with E-state index in [0.717, 1.165) is 54.5 Å². The first-order valence-corrected chi connectivity index (χ1v) is 14.4. The van der Waals surface area contributed by atoms with Gasteiger partial charge >= 0.3 is 0 Å². The van der Waals surface area contributed by atoms with Gasteiger partial charge in [0.25, 0.3) is 5.56 Å². The number of allylic oxidation sites excluding steroid dienone is 1. The Labute approximate surface area is 233 Å². The van der Waals surface area contributed by atoms with Gasteiger partial charge in [0.05, 0.1) is 17.0 Å². The van der Waals surface area contributed by atoms with Crippen molar-refractivity contribution in [3.05, 3.63) is 82.2 Å². The number of carbonyl (C=O) groups is 2. The zero-order valence-electron chi connectivity index (χ0n) is 22.5. The van der Waals surface area contributed by atoms with Crippen molar-refractivity contribution in [2.45, 2.75) is 69.5 Å². The van der Waals surface area contributed by atoms with Crippen molar-refractivity contribution < 1.29 is 9.59 Å². The first-order chi connectivity index (χ1) is 18.8. The van der Waals surface area contributed by atoms with E-state index in [9.17, 15) is 14.4 Å². The molecule has 1 heterocycles. The molecule has 0 radical (unpaired) electrons. The number of nitrogens with one attached hydrogen (secondary N) is 2. The molecule has 8 heteroatoms. The molecule has 1 spiro atoms. The molecule has 39 heavy (non-hydrogen) atoms. The van der Waals surface area contributed by atoms with Gasteiger partial charge in [-0.3, -0.25) is 19.0 Å². The van der Waals surface area contributed by atoms with Crippen LogP contribution >= 0.6 is 11.8 Å². The summed E-state index contributed by atoms with van der Waals surface area (Å²) in [5.74, 6) is -0.259. The number of benzene rings is 2. The van der Waals surface area contributed by atoms with Crippen LogP contribution in [0.1, 0.15) is 57.1 Å². The fraction of sp³-hybridized carbons (Fsp3) is 0.355. The van der Waals surface area contributed by atoms with E-state index >= 15 is 0 Å². The molecule has 2 aromatic carbocycles. The van der Waals surface area contributed by atoms with Gasteiger partial charge in [-0.15, -0.1) is 0 Å². The molecule has 2 amide bonds. The lowest BCUT2D eigenvalue weighted by molar-refractivity contribution is -0.114. The summed E-state index contributed by atoms with van der Waals surface area (Å²) in [7, 11) is 0. The maximum atomic E-state index is 14.2. The average Bonchev–Trinajstić information content (AvgIpc) is 2.90. The molecule has 1 fully saturated rings. The molecule has 0 bridgehead atoms. The Bertz CT molecular complexity index is 1490. The first-order valence-electron chi connectivity index (χ1n) is 13.4. The summed E-state index contributed by atoms with van der Waals surface area (Å²) < 4.78 is 1.71. The van der Waals surface area contributed by atoms with Crippen LogP contribution < -0.4 is 16.2 Å². The van der Waals surface area contributed by atoms with Gasteiger partial charge in [0.1, 0.15) is 0 Å². The highest BCUT2D eigenvalue weighted by Crippen LogP contribution is 2.48. The molecule has 3 aromatic rings. The van der Waals surface area contributed by atoms with Crippen LogP contribution in [-0.4, -0.2) is 27.1 Å². The third-order valence-electron chi connectivity index (χ3n) is 7.53. The molecule has 0 saturated heterocycles. The lowest BCUT2D eigenvalue weighted by atomic mass is 9.62. The SMILES string of the molecule is C=C(C)Cn1c(SCC(=O)Nc2ccc(NC(C)=O)cc2)nc2c(c1=O)C1(CCCCC1)Cc1ccccc1-2. The lowest BCUT2D eigenvalue weighted by Crippen LogP contribution is -2.43. The van der Waals surface area contributed by atoms with Gasteiger partial charge in [-0.25, -0.2) is 4.98 Å². The highest BCUT2D eigenvalue weighted by molar-refractivity contribution is 7.99. The maximum absolute atomic E-state index is 14.2. The molecular weight excluding hydrogens is 508 g/mol. The lowest BCUT2D eigenvalue weighted by Gasteiger charge is -2.42. The molecular formula is C31H34N4O3S. The van der Waals surface area contributed by atoms with Crippen LogP contribution in [0.25, 0.3) is 11.3 Å². The van der Waals surface area contributed by atoms with Crippen LogP contribution in [0.4, 0.5) is 11.4 Å². The number of carbonyl (C=O) groups excluding carboxylic acids is 2. The van der Waals surface area contributed by atoms with E-state index < -0.39 is 0 Å². The van der Waals surface area contributed by atoms with Gasteiger partial charge in [0.2, 0.25) is 11.8 Å². The van der Waals surface area contributed by atoms with Crippen molar-refractivity contribution in [1.29, 1.82) is 0 Å². The van der Waals surface area contributed by atoms with Crippen molar-refractivity contribution in [1.82, 2.24) is 9.55 Å². The molecule has 2 aliphatic rings. The molecule has 5 rings (SSSR count). The van der Waals surface area contributed by atoms with Crippen molar-refractivity contribution in [3.8, 4) is 11.3 Å². The fourth-order valence-electron chi connectivity index (χ4n) is 5.91. The van der Waals surface area contributed by atoms with E-state index in [-0.39, 0.29) is 28.5 Å². The second-order valence-electron chi connectivity index (χ2n) is 10.7. The number of thioether (sulfide) groups is 1. The van der Waals surface area contributed by atoms with Crippen molar-refractivity contribution in [2.75, 3.05) is 16.4 Å². The van der Waals surface area contributed by atoms with Gasteiger partial charge in [0, 0.05) is 35.8 Å². The summed E-state index contributed by atoms with van der Waals surface area (Å²) in [6.07, 6.45) is 6.29. The third kappa shape index (κ3) is 5.71. The number of fused-ring (bicyclic) bond motifs is 4. The van der Waals surface area contributed by atoms with E-state index in [0.29, 0.717) is 23.1 Å². The standard InChI is InChI=1S/C31H34N4O3S/c1-20(2)18-35-29(38)27-28(25-10-6-5-9-22(25)17-31(27)15-7-4-8-16-31)34-30(35)39-19-26(37)33-24-13-11-23(12-14-24)32-21(3)36/h5-6,9-14H,1,4,7-8,15-19H2,2-3H3,(H,32,36)(H,33,37). The summed E-state index contributed by atoms with van der Waals surface area (Å²) in [6.45, 7) is 7.78. The van der Waals surface area contributed by atoms with Gasteiger partial charge in [0.15, 0.2) is 5.16 Å². The summed E-state index contributed by atoms with van der Waals surface area (Å²) in [5.41, 5.74) is 5.84. The van der Waals surface area contributed by atoms with Crippen LogP contribution in [0.2, 0.25) is 0 Å². The van der Waals surface area contributed by atoms with Crippen LogP contribution in [0.3, 0.4) is 0 Å². The number of rotatable bonds is 7. The maximum Gasteiger partial charge on any atom is 0.258 e. The zero-order valence-corrected chi connectivity index (χ0v) is 23.3. The minimum Gasteiger partial charge on any atom is -0.326 e. The Hall–Kier alpha value is -3.65. The van der Waals surface area contributed by atoms with Gasteiger partial charge < -0.3 is 10.6 Å². The molecule has 7 nitrogen and oxygen atoms in total. The fourth-order valence-corrected chi connectivity index (χ4v) is 6.70. The van der Waals surface area contributed by atoms with E-state index in [1.54, 1.807) is 28.8 Å². The molecule has 2 aliphatic carbocycles. The van der Waals surface area contributed by atoms with Crippen molar-refractivity contribution in [3.63, 3.8) is 0 Å². The molecule has 2 N–H and O–H groups in total. The van der Waals surface area contributed by atoms with E-state index in [4.69, 9.17) is 4.98 Å². The smallest absolute Gasteiger partial charge is 0.258 e. The minimum absolute atomic E-state index is 0.00382. The number of anilines is 2. The molecule has 0 atom stereocenters. The van der Waals surface area contributed by atoms with Gasteiger partial charge in [-0.1, -0.05) is 67.4 Å². The zero-order chi connectivity index (χ0) is 27.6. The van der Waals surface area contributed by atoms with E-state index in [2.05, 4.69) is 35.4 Å². The van der Waals surface area contributed by atoms with Crippen molar-refractivity contribution >= 4 is 35.0 Å². The van der Waals surface area contributed by atoms with Crippen LogP contribution in [-0.2, 0) is 28.0 Å². The minimum atomic E-state index is -0.203. The Morgan fingerprint density at radius 1 is 1.00 bits per heavy atom. The molecule has 0 aliphatic heterocycles. The Morgan fingerprint density at radius 2 is 1.67 bits per heavy atom. The second kappa shape index (κ2) is 11.2. The number of hydrogen-bond donors (Lipinski definition) is 2. The van der Waals surface area contributed by atoms with Gasteiger partial charge in [-0.2, -0.15) is 0 Å². The van der Waals surface area contributed by atoms with Crippen LogP contribution in [0, 0.1) is 0 Å². The molecule has 0 unspecified atom stereocenters. The number of aromatic nitrogens is 2. The normalized spacial score (nSPS) is 15.2. The number of hydrogen-bond acceptors (Lipinski definition) is 5. The van der Waals surface area contributed by atoms with Crippen LogP contribution in [0.15, 0.2) is 70.6 Å². The monoisotopic (exact) mass is 542 g/mol. The topological polar surface area (TPSA) is 93.1 Å². The summed E-state index contributed by atoms with van der Waals surface area (Å²) in [4.78, 5) is 43.4. The van der Waals surface area contributed by atoms with Gasteiger partial charge in [-0.05, 0) is 56.0 Å². The Kier molecular flexibility index (Phi) is 7.75. The van der Waals surface area contributed by atoms with E-state index in [1.807, 2.05) is 13.0 Å². The molecule has 1 aromatic heterocycles. The number of nitrogens with zero attached hydrogens (tertiary/aromatic N) is 2. The van der Waals surface area contributed by atoms with Crippen LogP contribution in [0.5, 0.6) is 0 Å². The van der Waals surface area contributed by atoms with E-state index in [1.165, 1.54) is 30.7 Å². The second-order valence-corrected chi connectivity index (χ2v) is 11.7. The summed E-state index contributed by atoms with van der Waals surface area (Å²) in [5, 5.41) is 6.12. The molecule has 202 valence electrons. The Balaban J connectivity index is 1.46. The summed E-state index contributed by atoms with van der Waals surface area (Å²) >= 11 is 1.27. The van der Waals surface area contributed by atoms with Crippen molar-refractivity contribution in [2.24, 2.45) is 0 Å². The third-order valence-corrected chi connectivity index (χ3v) is 8.50. The largest absolute Gasteiger partial charge is 0.326 e.